The first-order valence-corrected chi connectivity index (χ1v) is 5.21. The van der Waals surface area contributed by atoms with Gasteiger partial charge in [-0.3, -0.25) is 9.59 Å². The van der Waals surface area contributed by atoms with Crippen LogP contribution in [-0.2, 0) is 14.3 Å². The first-order chi connectivity index (χ1) is 6.07. The highest BCUT2D eigenvalue weighted by Gasteiger charge is 2.12. The largest absolute Gasteiger partial charge is 1.00 e. The number of carbonyl (C=O) groups excluding carboxylic acids is 2. The van der Waals surface area contributed by atoms with Crippen molar-refractivity contribution in [3.8, 4) is 0 Å². The van der Waals surface area contributed by atoms with Crippen LogP contribution in [0.2, 0.25) is 0 Å². The fraction of sp³-hybridized carbons (Fsp3) is 0.750. The summed E-state index contributed by atoms with van der Waals surface area (Å²) in [7, 11) is 0. The first-order valence-electron chi connectivity index (χ1n) is 4.23. The van der Waals surface area contributed by atoms with Gasteiger partial charge in [0.1, 0.15) is 0 Å². The van der Waals surface area contributed by atoms with Crippen LogP contribution in [0.3, 0.4) is 0 Å². The summed E-state index contributed by atoms with van der Waals surface area (Å²) in [5, 5.41) is 0.0179. The zero-order valence-corrected chi connectivity index (χ0v) is 9.99. The maximum Gasteiger partial charge on any atom is 0.306 e. The third-order valence-corrected chi connectivity index (χ3v) is 2.35. The Bertz CT molecular complexity index is 187. The van der Waals surface area contributed by atoms with Gasteiger partial charge in [0, 0.05) is 5.75 Å². The van der Waals surface area contributed by atoms with Gasteiger partial charge in [-0.25, -0.2) is 0 Å². The lowest BCUT2D eigenvalue weighted by atomic mass is 10.4. The van der Waals surface area contributed by atoms with E-state index in [2.05, 4.69) is 5.73 Å². The Labute approximate surface area is 94.3 Å². The van der Waals surface area contributed by atoms with Crippen molar-refractivity contribution in [1.29, 1.82) is 0 Å². The van der Waals surface area contributed by atoms with Gasteiger partial charge in [0.25, 0.3) is 0 Å². The Balaban J connectivity index is 0. The molecule has 84 valence electrons. The molecule has 0 aromatic carbocycles. The first kappa shape index (κ1) is 16.2. The summed E-state index contributed by atoms with van der Waals surface area (Å²) in [5.74, 6) is 0.233. The van der Waals surface area contributed by atoms with Crippen molar-refractivity contribution < 1.29 is 32.5 Å². The van der Waals surface area contributed by atoms with Crippen molar-refractivity contribution in [2.75, 3.05) is 12.4 Å². The number of esters is 1. The van der Waals surface area contributed by atoms with Crippen LogP contribution < -0.4 is 18.1 Å². The van der Waals surface area contributed by atoms with Crippen molar-refractivity contribution in [3.05, 3.63) is 0 Å². The number of rotatable bonds is 5. The van der Waals surface area contributed by atoms with Crippen molar-refractivity contribution in [3.63, 3.8) is 0 Å². The van der Waals surface area contributed by atoms with Crippen LogP contribution in [0.5, 0.6) is 0 Å². The molecule has 0 heterocycles. The Hall–Kier alpha value is -0.260. The number of hydrogen-bond donors (Lipinski definition) is 1. The molecule has 0 spiro atoms. The van der Waals surface area contributed by atoms with Crippen molar-refractivity contribution in [1.82, 2.24) is 0 Å². The lowest BCUT2D eigenvalue weighted by molar-refractivity contribution is -0.395. The molecule has 0 aliphatic rings. The predicted molar refractivity (Wildman–Crippen MR) is 51.1 cm³/mol. The molecule has 4 nitrogen and oxygen atoms in total. The number of ether oxygens (including phenoxy) is 1. The summed E-state index contributed by atoms with van der Waals surface area (Å²) in [4.78, 5) is 21.9. The highest BCUT2D eigenvalue weighted by molar-refractivity contribution is 8.13. The molecule has 0 aromatic rings. The molecule has 14 heavy (non-hydrogen) atoms. The monoisotopic (exact) mass is 241 g/mol. The van der Waals surface area contributed by atoms with E-state index in [4.69, 9.17) is 4.74 Å². The van der Waals surface area contributed by atoms with Gasteiger partial charge in [-0.2, -0.15) is 0 Å². The van der Waals surface area contributed by atoms with Gasteiger partial charge in [-0.1, -0.05) is 11.8 Å². The Morgan fingerprint density at radius 1 is 1.50 bits per heavy atom. The van der Waals surface area contributed by atoms with Gasteiger partial charge in [-0.15, -0.1) is 0 Å². The van der Waals surface area contributed by atoms with E-state index in [9.17, 15) is 9.59 Å². The zero-order valence-electron chi connectivity index (χ0n) is 8.42. The normalized spacial score (nSPS) is 11.4. The van der Waals surface area contributed by atoms with Crippen molar-refractivity contribution in [2.24, 2.45) is 0 Å². The Kier molecular flexibility index (Phi) is 10.7. The van der Waals surface area contributed by atoms with E-state index in [1.165, 1.54) is 0 Å². The summed E-state index contributed by atoms with van der Waals surface area (Å²) in [6.07, 6.45) is 0.289. The highest BCUT2D eigenvalue weighted by atomic mass is 35.5. The molecular weight excluding hydrogens is 226 g/mol. The predicted octanol–water partition coefficient (Wildman–Crippen LogP) is -3.17. The summed E-state index contributed by atoms with van der Waals surface area (Å²) >= 11 is 1.14. The number of quaternary nitrogens is 1. The fourth-order valence-corrected chi connectivity index (χ4v) is 1.36. The van der Waals surface area contributed by atoms with Crippen LogP contribution in [0.4, 0.5) is 0 Å². The SMILES string of the molecule is CCOC(=O)CCSC(=O)[C@H](C)[NH3+].[Cl-]. The van der Waals surface area contributed by atoms with E-state index in [-0.39, 0.29) is 36.0 Å². The summed E-state index contributed by atoms with van der Waals surface area (Å²) < 4.78 is 4.70. The molecule has 1 atom stereocenters. The molecule has 0 aromatic heterocycles. The van der Waals surface area contributed by atoms with Crippen LogP contribution in [0.15, 0.2) is 0 Å². The molecule has 3 N–H and O–H groups in total. The summed E-state index contributed by atoms with van der Waals surface area (Å²) in [6, 6.07) is -0.216. The summed E-state index contributed by atoms with van der Waals surface area (Å²) in [5.41, 5.74) is 3.59. The van der Waals surface area contributed by atoms with Crippen LogP contribution in [0.25, 0.3) is 0 Å². The maximum absolute atomic E-state index is 11.0. The van der Waals surface area contributed by atoms with E-state index >= 15 is 0 Å². The number of hydrogen-bond acceptors (Lipinski definition) is 4. The smallest absolute Gasteiger partial charge is 0.306 e. The van der Waals surface area contributed by atoms with Gasteiger partial charge < -0.3 is 22.9 Å². The van der Waals surface area contributed by atoms with Crippen LogP contribution >= 0.6 is 11.8 Å². The molecule has 0 aliphatic carbocycles. The third kappa shape index (κ3) is 8.34. The molecule has 0 fully saturated rings. The van der Waals surface area contributed by atoms with Crippen LogP contribution in [-0.4, -0.2) is 29.5 Å². The highest BCUT2D eigenvalue weighted by Crippen LogP contribution is 2.06. The van der Waals surface area contributed by atoms with Gasteiger partial charge in [0.15, 0.2) is 6.04 Å². The van der Waals surface area contributed by atoms with Gasteiger partial charge in [0.2, 0.25) is 5.12 Å². The lowest BCUT2D eigenvalue weighted by Crippen LogP contribution is -3.00. The van der Waals surface area contributed by atoms with Gasteiger partial charge in [0.05, 0.1) is 13.0 Å². The van der Waals surface area contributed by atoms with E-state index in [0.29, 0.717) is 12.4 Å². The number of halogens is 1. The van der Waals surface area contributed by atoms with Gasteiger partial charge >= 0.3 is 5.97 Å². The molecule has 0 aliphatic heterocycles. The number of carbonyl (C=O) groups is 2. The topological polar surface area (TPSA) is 71.0 Å². The molecule has 0 saturated carbocycles. The van der Waals surface area contributed by atoms with E-state index in [1.807, 2.05) is 0 Å². The molecule has 0 unspecified atom stereocenters. The molecule has 0 bridgehead atoms. The Morgan fingerprint density at radius 2 is 2.07 bits per heavy atom. The van der Waals surface area contributed by atoms with E-state index in [0.717, 1.165) is 11.8 Å². The maximum atomic E-state index is 11.0. The molecular formula is C8H16ClNO3S. The van der Waals surface area contributed by atoms with Crippen molar-refractivity contribution in [2.45, 2.75) is 26.3 Å². The second-order valence-electron chi connectivity index (χ2n) is 2.62. The second kappa shape index (κ2) is 9.30. The number of thioether (sulfide) groups is 1. The van der Waals surface area contributed by atoms with E-state index < -0.39 is 0 Å². The summed E-state index contributed by atoms with van der Waals surface area (Å²) in [6.45, 7) is 3.89. The average molecular weight is 242 g/mol. The quantitative estimate of drug-likeness (QED) is 0.516. The molecule has 0 rings (SSSR count). The molecule has 0 saturated heterocycles. The van der Waals surface area contributed by atoms with Crippen LogP contribution in [0.1, 0.15) is 20.3 Å². The fourth-order valence-electron chi connectivity index (χ4n) is 0.610. The third-order valence-electron chi connectivity index (χ3n) is 1.26. The standard InChI is InChI=1S/C8H15NO3S.ClH/c1-3-12-7(10)4-5-13-8(11)6(2)9;/h6H,3-5,9H2,1-2H3;1H/t6-;/m0./s1. The minimum atomic E-state index is -0.250. The average Bonchev–Trinajstić information content (AvgIpc) is 2.04. The Morgan fingerprint density at radius 3 is 2.50 bits per heavy atom. The van der Waals surface area contributed by atoms with Crippen molar-refractivity contribution >= 4 is 22.8 Å². The minimum Gasteiger partial charge on any atom is -1.00 e. The molecule has 0 amide bonds. The van der Waals surface area contributed by atoms with E-state index in [1.54, 1.807) is 13.8 Å². The minimum absolute atomic E-state index is 0. The van der Waals surface area contributed by atoms with Gasteiger partial charge in [-0.05, 0) is 13.8 Å². The lowest BCUT2D eigenvalue weighted by Gasteiger charge is -2.01. The zero-order chi connectivity index (χ0) is 10.3. The van der Waals surface area contributed by atoms with Crippen LogP contribution in [0, 0.1) is 0 Å². The second-order valence-corrected chi connectivity index (χ2v) is 3.72. The molecule has 6 heteroatoms. The molecule has 0 radical (unpaired) electrons.